The molecule has 0 heterocycles. The molecule has 0 atom stereocenters. The molecule has 0 bridgehead atoms. The molecule has 0 aliphatic carbocycles. The highest BCUT2D eigenvalue weighted by Crippen LogP contribution is 2.34. The molecule has 6 heteroatoms. The van der Waals surface area contributed by atoms with Crippen molar-refractivity contribution in [3.05, 3.63) is 36.2 Å². The minimum absolute atomic E-state index is 0.0469. The summed E-state index contributed by atoms with van der Waals surface area (Å²) in [6.45, 7) is 0. The quantitative estimate of drug-likeness (QED) is 0.450. The molecular formula is C6H2Br2ClNO2. The Morgan fingerprint density at radius 1 is 1.42 bits per heavy atom. The van der Waals surface area contributed by atoms with E-state index in [1.807, 2.05) is 0 Å². The topological polar surface area (TPSA) is 43.1 Å². The first-order valence-corrected chi connectivity index (χ1v) is 4.77. The van der Waals surface area contributed by atoms with Crippen LogP contribution in [0.1, 0.15) is 0 Å². The zero-order valence-electron chi connectivity index (χ0n) is 5.55. The summed E-state index contributed by atoms with van der Waals surface area (Å²) in [5, 5.41) is 10.7. The molecule has 1 rings (SSSR count). The van der Waals surface area contributed by atoms with Crippen LogP contribution in [0, 0.1) is 10.1 Å². The fourth-order valence-corrected chi connectivity index (χ4v) is 1.84. The zero-order valence-corrected chi connectivity index (χ0v) is 9.48. The molecule has 0 fully saturated rings. The van der Waals surface area contributed by atoms with E-state index < -0.39 is 4.92 Å². The van der Waals surface area contributed by atoms with Gasteiger partial charge >= 0.3 is 0 Å². The third kappa shape index (κ3) is 1.97. The minimum atomic E-state index is -0.499. The Bertz CT molecular complexity index is 343. The van der Waals surface area contributed by atoms with Crippen molar-refractivity contribution < 1.29 is 4.92 Å². The molecular weight excluding hydrogens is 313 g/mol. The van der Waals surface area contributed by atoms with E-state index in [4.69, 9.17) is 11.6 Å². The van der Waals surface area contributed by atoms with Crippen molar-refractivity contribution in [1.82, 2.24) is 0 Å². The zero-order chi connectivity index (χ0) is 9.30. The van der Waals surface area contributed by atoms with Gasteiger partial charge in [-0.25, -0.2) is 0 Å². The predicted molar refractivity (Wildman–Crippen MR) is 53.5 cm³/mol. The molecule has 0 saturated carbocycles. The van der Waals surface area contributed by atoms with Crippen LogP contribution in [0.2, 0.25) is 5.02 Å². The largest absolute Gasteiger partial charge is 0.286 e. The number of rotatable bonds is 1. The van der Waals surface area contributed by atoms with Crippen molar-refractivity contribution >= 4 is 49.1 Å². The summed E-state index contributed by atoms with van der Waals surface area (Å²) in [5.41, 5.74) is -0.0469. The van der Waals surface area contributed by atoms with Crippen molar-refractivity contribution in [3.63, 3.8) is 0 Å². The minimum Gasteiger partial charge on any atom is -0.258 e. The average molecular weight is 315 g/mol. The van der Waals surface area contributed by atoms with Gasteiger partial charge in [-0.3, -0.25) is 10.1 Å². The van der Waals surface area contributed by atoms with Crippen molar-refractivity contribution in [2.24, 2.45) is 0 Å². The van der Waals surface area contributed by atoms with Crippen molar-refractivity contribution in [2.75, 3.05) is 0 Å². The van der Waals surface area contributed by atoms with E-state index in [1.165, 1.54) is 6.07 Å². The highest BCUT2D eigenvalue weighted by atomic mass is 79.9. The van der Waals surface area contributed by atoms with E-state index in [1.54, 1.807) is 6.07 Å². The third-order valence-electron chi connectivity index (χ3n) is 1.17. The first-order valence-electron chi connectivity index (χ1n) is 2.81. The number of hydrogen-bond acceptors (Lipinski definition) is 2. The molecule has 1 aromatic carbocycles. The molecule has 1 aromatic rings. The molecule has 0 amide bonds. The number of benzene rings is 1. The maximum Gasteiger partial charge on any atom is 0.286 e. The van der Waals surface area contributed by atoms with Crippen molar-refractivity contribution in [2.45, 2.75) is 0 Å². The Balaban J connectivity index is 3.37. The number of nitro benzene ring substituents is 1. The SMILES string of the molecule is O=[N+]([O-])c1cc(Br)cc(Cl)c1Br. The van der Waals surface area contributed by atoms with Crippen LogP contribution in [0.4, 0.5) is 5.69 Å². The van der Waals surface area contributed by atoms with E-state index in [2.05, 4.69) is 31.9 Å². The van der Waals surface area contributed by atoms with E-state index in [9.17, 15) is 10.1 Å². The second-order valence-electron chi connectivity index (χ2n) is 1.98. The lowest BCUT2D eigenvalue weighted by Gasteiger charge is -1.98. The Labute approximate surface area is 90.1 Å². The van der Waals surface area contributed by atoms with Gasteiger partial charge < -0.3 is 0 Å². The van der Waals surface area contributed by atoms with Crippen LogP contribution >= 0.6 is 43.5 Å². The first kappa shape index (κ1) is 9.95. The number of nitro groups is 1. The summed E-state index contributed by atoms with van der Waals surface area (Å²) in [6.07, 6.45) is 0. The lowest BCUT2D eigenvalue weighted by molar-refractivity contribution is -0.385. The molecule has 0 aromatic heterocycles. The van der Waals surface area contributed by atoms with Gasteiger partial charge in [-0.1, -0.05) is 27.5 Å². The maximum absolute atomic E-state index is 10.4. The summed E-state index contributed by atoms with van der Waals surface area (Å²) < 4.78 is 0.889. The fraction of sp³-hybridized carbons (Fsp3) is 0. The van der Waals surface area contributed by atoms with Gasteiger partial charge in [0.25, 0.3) is 5.69 Å². The van der Waals surface area contributed by atoms with Crippen LogP contribution in [0.15, 0.2) is 21.1 Å². The molecule has 0 aliphatic heterocycles. The second kappa shape index (κ2) is 3.72. The van der Waals surface area contributed by atoms with Crippen LogP contribution in [-0.4, -0.2) is 4.92 Å². The molecule has 0 unspecified atom stereocenters. The molecule has 12 heavy (non-hydrogen) atoms. The van der Waals surface area contributed by atoms with Gasteiger partial charge in [0, 0.05) is 10.5 Å². The molecule has 64 valence electrons. The van der Waals surface area contributed by atoms with Crippen molar-refractivity contribution in [3.8, 4) is 0 Å². The van der Waals surface area contributed by atoms with Crippen LogP contribution in [0.25, 0.3) is 0 Å². The van der Waals surface area contributed by atoms with Gasteiger partial charge in [0.2, 0.25) is 0 Å². The Kier molecular flexibility index (Phi) is 3.09. The number of halogens is 3. The highest BCUT2D eigenvalue weighted by Gasteiger charge is 2.15. The monoisotopic (exact) mass is 313 g/mol. The maximum atomic E-state index is 10.4. The molecule has 0 aliphatic rings. The lowest BCUT2D eigenvalue weighted by atomic mass is 10.3. The van der Waals surface area contributed by atoms with Gasteiger partial charge in [0.1, 0.15) is 4.47 Å². The third-order valence-corrected chi connectivity index (χ3v) is 2.99. The van der Waals surface area contributed by atoms with E-state index in [0.29, 0.717) is 14.0 Å². The van der Waals surface area contributed by atoms with E-state index in [-0.39, 0.29) is 5.69 Å². The van der Waals surface area contributed by atoms with Gasteiger partial charge in [-0.05, 0) is 22.0 Å². The fourth-order valence-electron chi connectivity index (χ4n) is 0.675. The standard InChI is InChI=1S/C6H2Br2ClNO2/c7-3-1-4(9)6(8)5(2-3)10(11)12/h1-2H. The van der Waals surface area contributed by atoms with Crippen LogP contribution in [-0.2, 0) is 0 Å². The summed E-state index contributed by atoms with van der Waals surface area (Å²) in [7, 11) is 0. The van der Waals surface area contributed by atoms with Gasteiger partial charge in [0.05, 0.1) is 9.95 Å². The van der Waals surface area contributed by atoms with Crippen LogP contribution < -0.4 is 0 Å². The molecule has 0 radical (unpaired) electrons. The number of hydrogen-bond donors (Lipinski definition) is 0. The Morgan fingerprint density at radius 2 is 2.00 bits per heavy atom. The number of nitrogens with zero attached hydrogens (tertiary/aromatic N) is 1. The van der Waals surface area contributed by atoms with Gasteiger partial charge in [-0.2, -0.15) is 0 Å². The normalized spacial score (nSPS) is 9.92. The van der Waals surface area contributed by atoms with Crippen LogP contribution in [0.5, 0.6) is 0 Å². The van der Waals surface area contributed by atoms with Gasteiger partial charge in [0.15, 0.2) is 0 Å². The second-order valence-corrected chi connectivity index (χ2v) is 4.09. The Morgan fingerprint density at radius 3 is 2.50 bits per heavy atom. The molecule has 0 N–H and O–H groups in total. The summed E-state index contributed by atoms with van der Waals surface area (Å²) >= 11 is 11.8. The van der Waals surface area contributed by atoms with E-state index >= 15 is 0 Å². The predicted octanol–water partition coefficient (Wildman–Crippen LogP) is 3.77. The summed E-state index contributed by atoms with van der Waals surface area (Å²) in [5.74, 6) is 0. The summed E-state index contributed by atoms with van der Waals surface area (Å²) in [6, 6.07) is 2.97. The molecule has 0 saturated heterocycles. The van der Waals surface area contributed by atoms with Crippen LogP contribution in [0.3, 0.4) is 0 Å². The molecule has 3 nitrogen and oxygen atoms in total. The molecule has 0 spiro atoms. The summed E-state index contributed by atoms with van der Waals surface area (Å²) in [4.78, 5) is 9.92. The van der Waals surface area contributed by atoms with E-state index in [0.717, 1.165) is 0 Å². The van der Waals surface area contributed by atoms with Gasteiger partial charge in [-0.15, -0.1) is 0 Å². The first-order chi connectivity index (χ1) is 5.52. The lowest BCUT2D eigenvalue weighted by Crippen LogP contribution is -1.89. The van der Waals surface area contributed by atoms with Crippen molar-refractivity contribution in [1.29, 1.82) is 0 Å². The average Bonchev–Trinajstić information content (AvgIpc) is 1.96. The smallest absolute Gasteiger partial charge is 0.258 e. The Hall–Kier alpha value is -0.130. The highest BCUT2D eigenvalue weighted by molar-refractivity contribution is 9.11.